The molecule has 1 amide bonds. The average Bonchev–Trinajstić information content (AvgIpc) is 2.86. The predicted octanol–water partition coefficient (Wildman–Crippen LogP) is 5.12. The second kappa shape index (κ2) is 10.5. The Bertz CT molecular complexity index is 1370. The zero-order valence-electron chi connectivity index (χ0n) is 21.2. The molecule has 0 aliphatic carbocycles. The Morgan fingerprint density at radius 2 is 1.47 bits per heavy atom. The number of amides is 1. The average molecular weight is 526 g/mol. The number of aryl methyl sites for hydroxylation is 4. The first-order valence-electron chi connectivity index (χ1n) is 12.0. The quantitative estimate of drug-likeness (QED) is 0.448. The summed E-state index contributed by atoms with van der Waals surface area (Å²) in [4.78, 5) is 17.5. The lowest BCUT2D eigenvalue weighted by atomic mass is 10.1. The Morgan fingerprint density at radius 1 is 0.833 bits per heavy atom. The van der Waals surface area contributed by atoms with Crippen LogP contribution in [0.4, 0.5) is 11.4 Å². The SMILES string of the molecule is Cc1ccc(S(=O)(=O)N(CC(=O)N2CCN(c3cc(Cl)ccc3C)CC2)c2ccc(C)c(C)c2)cc1. The Morgan fingerprint density at radius 3 is 2.11 bits per heavy atom. The van der Waals surface area contributed by atoms with E-state index in [1.165, 1.54) is 4.31 Å². The van der Waals surface area contributed by atoms with Gasteiger partial charge in [-0.25, -0.2) is 8.42 Å². The molecular formula is C28H32ClN3O3S. The molecule has 0 saturated carbocycles. The lowest BCUT2D eigenvalue weighted by Crippen LogP contribution is -2.52. The van der Waals surface area contributed by atoms with Gasteiger partial charge in [-0.15, -0.1) is 0 Å². The third kappa shape index (κ3) is 5.52. The number of carbonyl (C=O) groups excluding carboxylic acids is 1. The molecule has 1 saturated heterocycles. The zero-order valence-corrected chi connectivity index (χ0v) is 22.7. The summed E-state index contributed by atoms with van der Waals surface area (Å²) in [5, 5.41) is 0.680. The smallest absolute Gasteiger partial charge is 0.264 e. The minimum absolute atomic E-state index is 0.167. The summed E-state index contributed by atoms with van der Waals surface area (Å²) in [6, 6.07) is 18.0. The van der Waals surface area contributed by atoms with Gasteiger partial charge in [0.2, 0.25) is 5.91 Å². The second-order valence-corrected chi connectivity index (χ2v) is 11.7. The van der Waals surface area contributed by atoms with E-state index in [0.717, 1.165) is 27.9 Å². The molecule has 1 fully saturated rings. The maximum absolute atomic E-state index is 13.7. The van der Waals surface area contributed by atoms with Crippen LogP contribution in [0, 0.1) is 27.7 Å². The molecule has 0 atom stereocenters. The van der Waals surface area contributed by atoms with E-state index in [9.17, 15) is 13.2 Å². The number of benzene rings is 3. The van der Waals surface area contributed by atoms with Gasteiger partial charge in [0.1, 0.15) is 6.54 Å². The van der Waals surface area contributed by atoms with Crippen LogP contribution in [0.5, 0.6) is 0 Å². The van der Waals surface area contributed by atoms with Gasteiger partial charge in [-0.2, -0.15) is 0 Å². The van der Waals surface area contributed by atoms with Gasteiger partial charge in [0, 0.05) is 36.9 Å². The van der Waals surface area contributed by atoms with E-state index in [4.69, 9.17) is 11.6 Å². The molecule has 1 heterocycles. The molecule has 0 spiro atoms. The van der Waals surface area contributed by atoms with Crippen molar-refractivity contribution < 1.29 is 13.2 Å². The molecule has 1 aliphatic rings. The van der Waals surface area contributed by atoms with E-state index >= 15 is 0 Å². The molecule has 0 bridgehead atoms. The number of piperazine rings is 1. The normalized spacial score (nSPS) is 14.1. The van der Waals surface area contributed by atoms with Crippen LogP contribution in [0.2, 0.25) is 5.02 Å². The van der Waals surface area contributed by atoms with Crippen molar-refractivity contribution in [3.8, 4) is 0 Å². The van der Waals surface area contributed by atoms with Crippen molar-refractivity contribution in [3.63, 3.8) is 0 Å². The van der Waals surface area contributed by atoms with Crippen LogP contribution in [0.1, 0.15) is 22.3 Å². The van der Waals surface area contributed by atoms with Gasteiger partial charge in [-0.3, -0.25) is 9.10 Å². The summed E-state index contributed by atoms with van der Waals surface area (Å²) < 4.78 is 28.6. The predicted molar refractivity (Wildman–Crippen MR) is 147 cm³/mol. The van der Waals surface area contributed by atoms with Crippen LogP contribution in [0.15, 0.2) is 65.6 Å². The lowest BCUT2D eigenvalue weighted by molar-refractivity contribution is -0.129. The van der Waals surface area contributed by atoms with Crippen LogP contribution in [0.3, 0.4) is 0 Å². The fourth-order valence-electron chi connectivity index (χ4n) is 4.38. The molecule has 1 aliphatic heterocycles. The first-order chi connectivity index (χ1) is 17.1. The van der Waals surface area contributed by atoms with Crippen molar-refractivity contribution in [2.75, 3.05) is 41.9 Å². The highest BCUT2D eigenvalue weighted by molar-refractivity contribution is 7.92. The van der Waals surface area contributed by atoms with Crippen molar-refractivity contribution >= 4 is 38.9 Å². The second-order valence-electron chi connectivity index (χ2n) is 9.39. The summed E-state index contributed by atoms with van der Waals surface area (Å²) in [7, 11) is -3.94. The van der Waals surface area contributed by atoms with Crippen LogP contribution in [-0.4, -0.2) is 51.9 Å². The molecule has 4 rings (SSSR count). The largest absolute Gasteiger partial charge is 0.368 e. The molecular weight excluding hydrogens is 494 g/mol. The molecule has 36 heavy (non-hydrogen) atoms. The molecule has 190 valence electrons. The van der Waals surface area contributed by atoms with Crippen LogP contribution in [0.25, 0.3) is 0 Å². The van der Waals surface area contributed by atoms with Crippen molar-refractivity contribution in [3.05, 3.63) is 87.9 Å². The first kappa shape index (κ1) is 26.0. The van der Waals surface area contributed by atoms with Crippen molar-refractivity contribution in [2.24, 2.45) is 0 Å². The van der Waals surface area contributed by atoms with E-state index in [0.29, 0.717) is 36.9 Å². The summed E-state index contributed by atoms with van der Waals surface area (Å²) in [6.07, 6.45) is 0. The number of hydrogen-bond donors (Lipinski definition) is 0. The number of carbonyl (C=O) groups is 1. The van der Waals surface area contributed by atoms with Gasteiger partial charge in [-0.1, -0.05) is 41.4 Å². The number of hydrogen-bond acceptors (Lipinski definition) is 4. The maximum Gasteiger partial charge on any atom is 0.264 e. The van der Waals surface area contributed by atoms with Gasteiger partial charge in [-0.05, 0) is 80.8 Å². The van der Waals surface area contributed by atoms with Crippen LogP contribution in [-0.2, 0) is 14.8 Å². The van der Waals surface area contributed by atoms with Crippen LogP contribution >= 0.6 is 11.6 Å². The molecule has 0 aromatic heterocycles. The maximum atomic E-state index is 13.7. The van der Waals surface area contributed by atoms with Gasteiger partial charge in [0.15, 0.2) is 0 Å². The molecule has 3 aromatic carbocycles. The van der Waals surface area contributed by atoms with E-state index in [1.807, 2.05) is 58.0 Å². The van der Waals surface area contributed by atoms with Crippen molar-refractivity contribution in [1.29, 1.82) is 0 Å². The Hall–Kier alpha value is -3.03. The highest BCUT2D eigenvalue weighted by Gasteiger charge is 2.30. The Kier molecular flexibility index (Phi) is 7.62. The van der Waals surface area contributed by atoms with E-state index in [2.05, 4.69) is 4.90 Å². The van der Waals surface area contributed by atoms with Gasteiger partial charge in [0.05, 0.1) is 10.6 Å². The molecule has 0 N–H and O–H groups in total. The molecule has 8 heteroatoms. The number of sulfonamides is 1. The summed E-state index contributed by atoms with van der Waals surface area (Å²) in [5.41, 5.74) is 5.67. The Labute approximate surface area is 219 Å². The molecule has 6 nitrogen and oxygen atoms in total. The lowest BCUT2D eigenvalue weighted by Gasteiger charge is -2.37. The zero-order chi connectivity index (χ0) is 26.0. The highest BCUT2D eigenvalue weighted by atomic mass is 35.5. The fraction of sp³-hybridized carbons (Fsp3) is 0.321. The standard InChI is InChI=1S/C28H32ClN3O3S/c1-20-5-11-26(12-6-20)36(34,35)32(25-10-8-21(2)23(4)17-25)19-28(33)31-15-13-30(14-16-31)27-18-24(29)9-7-22(27)3/h5-12,17-18H,13-16,19H2,1-4H3. The fourth-order valence-corrected chi connectivity index (χ4v) is 5.95. The third-order valence-corrected chi connectivity index (χ3v) is 8.83. The minimum atomic E-state index is -3.94. The van der Waals surface area contributed by atoms with Gasteiger partial charge in [0.25, 0.3) is 10.0 Å². The molecule has 3 aromatic rings. The number of rotatable bonds is 6. The summed E-state index contributed by atoms with van der Waals surface area (Å²) >= 11 is 6.20. The monoisotopic (exact) mass is 525 g/mol. The van der Waals surface area contributed by atoms with E-state index in [1.54, 1.807) is 35.2 Å². The molecule has 0 unspecified atom stereocenters. The Balaban J connectivity index is 1.56. The van der Waals surface area contributed by atoms with Crippen molar-refractivity contribution in [1.82, 2.24) is 4.90 Å². The summed E-state index contributed by atoms with van der Waals surface area (Å²) in [5.74, 6) is -0.216. The van der Waals surface area contributed by atoms with E-state index < -0.39 is 10.0 Å². The number of anilines is 2. The van der Waals surface area contributed by atoms with Crippen molar-refractivity contribution in [2.45, 2.75) is 32.6 Å². The third-order valence-electron chi connectivity index (χ3n) is 6.81. The van der Waals surface area contributed by atoms with Gasteiger partial charge < -0.3 is 9.80 Å². The molecule has 0 radical (unpaired) electrons. The minimum Gasteiger partial charge on any atom is -0.368 e. The van der Waals surface area contributed by atoms with E-state index in [-0.39, 0.29) is 17.3 Å². The topological polar surface area (TPSA) is 60.9 Å². The summed E-state index contributed by atoms with van der Waals surface area (Å²) in [6.45, 7) is 9.94. The highest BCUT2D eigenvalue weighted by Crippen LogP contribution is 2.28. The number of nitrogens with zero attached hydrogens (tertiary/aromatic N) is 3. The van der Waals surface area contributed by atoms with Gasteiger partial charge >= 0.3 is 0 Å². The first-order valence-corrected chi connectivity index (χ1v) is 13.8. The number of halogens is 1. The van der Waals surface area contributed by atoms with Crippen LogP contribution < -0.4 is 9.21 Å².